The van der Waals surface area contributed by atoms with Crippen LogP contribution in [0.5, 0.6) is 5.75 Å². The molecule has 0 spiro atoms. The van der Waals surface area contributed by atoms with E-state index in [4.69, 9.17) is 15.3 Å². The van der Waals surface area contributed by atoms with Gasteiger partial charge in [0.15, 0.2) is 10.8 Å². The fourth-order valence-electron chi connectivity index (χ4n) is 5.02. The summed E-state index contributed by atoms with van der Waals surface area (Å²) in [6.07, 6.45) is 5.59. The molecular weight excluding hydrogens is 594 g/mol. The molecule has 15 heteroatoms. The Labute approximate surface area is 253 Å². The number of pyridine rings is 1. The number of nitrogen functional groups attached to an aromatic ring is 1. The second-order valence-corrected chi connectivity index (χ2v) is 11.6. The summed E-state index contributed by atoms with van der Waals surface area (Å²) in [5.41, 5.74) is 7.99. The minimum absolute atomic E-state index is 0.0909. The minimum atomic E-state index is -1.22. The van der Waals surface area contributed by atoms with E-state index in [9.17, 15) is 19.5 Å². The van der Waals surface area contributed by atoms with Crippen LogP contribution in [0.3, 0.4) is 0 Å². The minimum Gasteiger partial charge on any atom is -0.481 e. The molecule has 3 aromatic heterocycles. The molecule has 6 rings (SSSR count). The zero-order valence-corrected chi connectivity index (χ0v) is 24.4. The lowest BCUT2D eigenvalue weighted by molar-refractivity contribution is -0.662. The van der Waals surface area contributed by atoms with Gasteiger partial charge in [-0.2, -0.15) is 4.40 Å². The molecule has 1 saturated heterocycles. The fourth-order valence-corrected chi connectivity index (χ4v) is 6.90. The summed E-state index contributed by atoms with van der Waals surface area (Å²) in [4.78, 5) is 48.9. The quantitative estimate of drug-likeness (QED) is 0.103. The monoisotopic (exact) mass is 620 g/mol. The van der Waals surface area contributed by atoms with E-state index in [1.165, 1.54) is 23.8 Å². The number of hydrogen-bond donors (Lipinski definition) is 3. The Morgan fingerprint density at radius 3 is 2.77 bits per heavy atom. The molecule has 4 aromatic rings. The van der Waals surface area contributed by atoms with Gasteiger partial charge in [-0.1, -0.05) is 35.5 Å². The highest BCUT2D eigenvalue weighted by Crippen LogP contribution is 2.40. The Balaban J connectivity index is 1.23. The van der Waals surface area contributed by atoms with E-state index in [1.54, 1.807) is 5.38 Å². The molecule has 4 N–H and O–H groups in total. The van der Waals surface area contributed by atoms with E-state index in [1.807, 2.05) is 70.0 Å². The molecule has 2 atom stereocenters. The van der Waals surface area contributed by atoms with Gasteiger partial charge in [0.25, 0.3) is 11.8 Å². The Hall–Kier alpha value is -4.89. The van der Waals surface area contributed by atoms with E-state index in [0.717, 1.165) is 22.5 Å². The number of aliphatic carboxylic acids is 1. The van der Waals surface area contributed by atoms with Crippen molar-refractivity contribution in [1.29, 1.82) is 0 Å². The van der Waals surface area contributed by atoms with Gasteiger partial charge in [0.1, 0.15) is 55.5 Å². The molecule has 0 aliphatic carbocycles. The summed E-state index contributed by atoms with van der Waals surface area (Å²) in [6, 6.07) is 12.6. The molecule has 0 radical (unpaired) electrons. The highest BCUT2D eigenvalue weighted by molar-refractivity contribution is 8.00. The lowest BCUT2D eigenvalue weighted by atomic mass is 10.0. The third kappa shape index (κ3) is 5.39. The van der Waals surface area contributed by atoms with Crippen LogP contribution in [-0.4, -0.2) is 67.2 Å². The number of rotatable bonds is 10. The fraction of sp³-hybridized carbons (Fsp3) is 0.214. The number of nitrogens with two attached hydrogens (primary N) is 1. The average molecular weight is 621 g/mol. The zero-order chi connectivity index (χ0) is 30.1. The van der Waals surface area contributed by atoms with Crippen molar-refractivity contribution < 1.29 is 33.6 Å². The van der Waals surface area contributed by atoms with Gasteiger partial charge in [-0.05, 0) is 17.7 Å². The summed E-state index contributed by atoms with van der Waals surface area (Å²) < 4.78 is 9.94. The van der Waals surface area contributed by atoms with Crippen LogP contribution in [0.15, 0.2) is 82.9 Å². The number of carbonyl (C=O) groups excluding carboxylic acids is 2. The van der Waals surface area contributed by atoms with Gasteiger partial charge in [-0.25, -0.2) is 14.3 Å². The SMILES string of the molecule is CO/N=C(\C(=O)N[C@@H]1C(=O)N2C(C(=O)O)=C(C[n+]3ccn4cccc(OCc5ccccc5)c43)CS[C@@H]12)c1csc(N)n1. The summed E-state index contributed by atoms with van der Waals surface area (Å²) in [5.74, 6) is -1.47. The number of fused-ring (bicyclic) bond motifs is 2. The molecule has 220 valence electrons. The van der Waals surface area contributed by atoms with E-state index in [0.29, 0.717) is 23.7 Å². The average Bonchev–Trinajstić information content (AvgIpc) is 3.63. The van der Waals surface area contributed by atoms with Crippen molar-refractivity contribution in [2.75, 3.05) is 18.6 Å². The maximum absolute atomic E-state index is 13.3. The number of nitrogens with zero attached hydrogens (tertiary/aromatic N) is 5. The summed E-state index contributed by atoms with van der Waals surface area (Å²) in [6.45, 7) is 0.592. The molecule has 1 fully saturated rings. The zero-order valence-electron chi connectivity index (χ0n) is 22.7. The molecule has 0 unspecified atom stereocenters. The normalized spacial score (nSPS) is 18.3. The molecule has 0 saturated carbocycles. The maximum Gasteiger partial charge on any atom is 0.352 e. The number of imidazole rings is 1. The van der Waals surface area contributed by atoms with Crippen molar-refractivity contribution >= 4 is 57.4 Å². The Morgan fingerprint density at radius 1 is 1.23 bits per heavy atom. The smallest absolute Gasteiger partial charge is 0.352 e. The third-order valence-corrected chi connectivity index (χ3v) is 8.95. The number of aromatic nitrogens is 3. The Kier molecular flexibility index (Phi) is 7.73. The number of thiazole rings is 1. The van der Waals surface area contributed by atoms with E-state index < -0.39 is 29.2 Å². The van der Waals surface area contributed by atoms with Gasteiger partial charge in [0.05, 0.1) is 6.20 Å². The predicted octanol–water partition coefficient (Wildman–Crippen LogP) is 1.63. The van der Waals surface area contributed by atoms with Gasteiger partial charge in [-0.3, -0.25) is 14.5 Å². The van der Waals surface area contributed by atoms with E-state index in [2.05, 4.69) is 15.5 Å². The van der Waals surface area contributed by atoms with E-state index in [-0.39, 0.29) is 28.8 Å². The molecule has 43 heavy (non-hydrogen) atoms. The molecule has 2 aliphatic rings. The van der Waals surface area contributed by atoms with Crippen LogP contribution in [0.4, 0.5) is 5.13 Å². The summed E-state index contributed by atoms with van der Waals surface area (Å²) in [7, 11) is 1.28. The molecule has 2 aliphatic heterocycles. The number of benzene rings is 1. The first-order chi connectivity index (χ1) is 20.9. The van der Waals surface area contributed by atoms with Crippen LogP contribution in [0.1, 0.15) is 11.3 Å². The van der Waals surface area contributed by atoms with Crippen LogP contribution in [0.2, 0.25) is 0 Å². The van der Waals surface area contributed by atoms with Crippen molar-refractivity contribution in [1.82, 2.24) is 19.6 Å². The van der Waals surface area contributed by atoms with Crippen LogP contribution >= 0.6 is 23.1 Å². The van der Waals surface area contributed by atoms with Crippen molar-refractivity contribution in [3.63, 3.8) is 0 Å². The first-order valence-electron chi connectivity index (χ1n) is 13.0. The number of oxime groups is 1. The van der Waals surface area contributed by atoms with Crippen LogP contribution in [-0.2, 0) is 32.4 Å². The number of amides is 2. The first-order valence-corrected chi connectivity index (χ1v) is 15.0. The standard InChI is InChI=1S/C28H25N7O6S2/c1-40-32-20(18-15-43-28(29)30-18)23(36)31-21-25(37)35-22(27(38)39)17(14-42-26(21)35)12-34-11-10-33-9-5-8-19(24(33)34)41-13-16-6-3-2-4-7-16/h2-11,15,21,26H,12-14H2,1H3,(H3-,29,30,31,36,38,39)/p+1/b32-20-/t21-,26+/m1/s1. The molecule has 0 bridgehead atoms. The Bertz CT molecular complexity index is 1780. The van der Waals surface area contributed by atoms with Gasteiger partial charge < -0.3 is 25.7 Å². The predicted molar refractivity (Wildman–Crippen MR) is 158 cm³/mol. The number of carboxylic acids is 1. The number of thioether (sulfide) groups is 1. The highest BCUT2D eigenvalue weighted by atomic mass is 32.2. The van der Waals surface area contributed by atoms with Crippen molar-refractivity contribution in [2.45, 2.75) is 24.6 Å². The molecule has 1 aromatic carbocycles. The number of anilines is 1. The van der Waals surface area contributed by atoms with E-state index >= 15 is 0 Å². The second kappa shape index (κ2) is 11.8. The van der Waals surface area contributed by atoms with Crippen LogP contribution in [0, 0.1) is 0 Å². The lowest BCUT2D eigenvalue weighted by Crippen LogP contribution is -2.71. The van der Waals surface area contributed by atoms with Crippen molar-refractivity contribution in [3.8, 4) is 5.75 Å². The number of carboxylic acid groups (broad SMARTS) is 1. The largest absolute Gasteiger partial charge is 0.481 e. The van der Waals surface area contributed by atoms with Crippen LogP contribution in [0.25, 0.3) is 5.65 Å². The van der Waals surface area contributed by atoms with Gasteiger partial charge in [-0.15, -0.1) is 23.1 Å². The number of ether oxygens (including phenoxy) is 1. The topological polar surface area (TPSA) is 165 Å². The van der Waals surface area contributed by atoms with Crippen molar-refractivity contribution in [3.05, 3.63) is 89.0 Å². The summed E-state index contributed by atoms with van der Waals surface area (Å²) >= 11 is 2.50. The third-order valence-electron chi connectivity index (χ3n) is 6.94. The number of β-lactam (4-membered cyclic amide) rings is 1. The Morgan fingerprint density at radius 2 is 2.05 bits per heavy atom. The number of nitrogens with one attached hydrogen (secondary N) is 1. The van der Waals surface area contributed by atoms with Crippen LogP contribution < -0.4 is 20.4 Å². The number of carbonyl (C=O) groups is 3. The number of hydrogen-bond acceptors (Lipinski definition) is 10. The maximum atomic E-state index is 13.3. The van der Waals surface area contributed by atoms with Crippen molar-refractivity contribution in [2.24, 2.45) is 5.16 Å². The summed E-state index contributed by atoms with van der Waals surface area (Å²) in [5, 5.41) is 17.8. The van der Waals surface area contributed by atoms with Gasteiger partial charge >= 0.3 is 11.6 Å². The van der Waals surface area contributed by atoms with Gasteiger partial charge in [0.2, 0.25) is 5.75 Å². The van der Waals surface area contributed by atoms with Gasteiger partial charge in [0, 0.05) is 16.7 Å². The molecular formula is C28H26N7O6S2+. The molecule has 5 heterocycles. The molecule has 2 amide bonds. The lowest BCUT2D eigenvalue weighted by Gasteiger charge is -2.49. The highest BCUT2D eigenvalue weighted by Gasteiger charge is 2.54. The molecule has 13 nitrogen and oxygen atoms in total. The first kappa shape index (κ1) is 28.2. The second-order valence-electron chi connectivity index (χ2n) is 9.62.